The summed E-state index contributed by atoms with van der Waals surface area (Å²) in [6.07, 6.45) is 0.108. The Kier molecular flexibility index (Phi) is 12.3. The van der Waals surface area contributed by atoms with Gasteiger partial charge >= 0.3 is 12.1 Å². The molecule has 1 rings (SSSR count). The topological polar surface area (TPSA) is 122 Å². The Morgan fingerprint density at radius 3 is 2.27 bits per heavy atom. The van der Waals surface area contributed by atoms with E-state index >= 15 is 0 Å². The number of carbonyl (C=O) groups is 4. The van der Waals surface area contributed by atoms with Crippen molar-refractivity contribution in [1.82, 2.24) is 10.2 Å². The molecule has 2 atom stereocenters. The summed E-state index contributed by atoms with van der Waals surface area (Å²) in [5.74, 6) is -2.35. The molecule has 9 nitrogen and oxygen atoms in total. The highest BCUT2D eigenvalue weighted by Crippen LogP contribution is 2.30. The van der Waals surface area contributed by atoms with Gasteiger partial charge in [0.15, 0.2) is 0 Å². The zero-order valence-electron chi connectivity index (χ0n) is 19.8. The lowest BCUT2D eigenvalue weighted by molar-refractivity contribution is -0.149. The third-order valence-corrected chi connectivity index (χ3v) is 6.21. The third kappa shape index (κ3) is 9.73. The van der Waals surface area contributed by atoms with E-state index < -0.39 is 29.8 Å². The Balaban J connectivity index is 2.72. The molecule has 0 aliphatic rings. The van der Waals surface area contributed by atoms with Gasteiger partial charge in [0, 0.05) is 30.7 Å². The highest BCUT2D eigenvalue weighted by molar-refractivity contribution is 7.99. The first-order valence-electron chi connectivity index (χ1n) is 10.7. The van der Waals surface area contributed by atoms with Crippen molar-refractivity contribution in [2.24, 2.45) is 17.8 Å². The predicted molar refractivity (Wildman–Crippen MR) is 125 cm³/mol. The number of benzene rings is 1. The normalized spacial score (nSPS) is 12.5. The molecule has 0 heterocycles. The molecule has 2 N–H and O–H groups in total. The number of rotatable bonds is 13. The highest BCUT2D eigenvalue weighted by Gasteiger charge is 2.35. The van der Waals surface area contributed by atoms with Crippen LogP contribution in [0.5, 0.6) is 5.75 Å². The average Bonchev–Trinajstić information content (AvgIpc) is 2.78. The maximum atomic E-state index is 12.7. The minimum absolute atomic E-state index is 0.0202. The Morgan fingerprint density at radius 1 is 1.12 bits per heavy atom. The molecule has 184 valence electrons. The smallest absolute Gasteiger partial charge is 0.415 e. The van der Waals surface area contributed by atoms with Gasteiger partial charge in [-0.15, -0.1) is 11.8 Å². The third-order valence-electron chi connectivity index (χ3n) is 5.01. The standard InChI is InChI=1S/C23H34N2O7S/c1-15(2)13-16(14-33-18-10-8-17(31-4)9-11-18)20(22(28)29)21(27)24-12-6-7-19(26)25(3)23(30)32-5/h8-11,15-16,20H,6-7,12-14H2,1-5H3,(H,24,27)(H,28,29)/t16-,20-/m0/s1. The van der Waals surface area contributed by atoms with Crippen molar-refractivity contribution in [1.29, 1.82) is 0 Å². The van der Waals surface area contributed by atoms with Crippen molar-refractivity contribution in [3.63, 3.8) is 0 Å². The van der Waals surface area contributed by atoms with Gasteiger partial charge in [-0.3, -0.25) is 19.3 Å². The lowest BCUT2D eigenvalue weighted by atomic mass is 9.86. The molecule has 1 aromatic rings. The fourth-order valence-electron chi connectivity index (χ4n) is 3.28. The summed E-state index contributed by atoms with van der Waals surface area (Å²) in [5.41, 5.74) is 0. The van der Waals surface area contributed by atoms with Crippen LogP contribution < -0.4 is 10.1 Å². The van der Waals surface area contributed by atoms with E-state index in [2.05, 4.69) is 10.1 Å². The Labute approximate surface area is 199 Å². The number of imide groups is 1. The number of carbonyl (C=O) groups excluding carboxylic acids is 3. The van der Waals surface area contributed by atoms with Crippen LogP contribution in [0.25, 0.3) is 0 Å². The molecule has 0 radical (unpaired) electrons. The molecule has 10 heteroatoms. The first kappa shape index (κ1) is 28.3. The number of nitrogens with one attached hydrogen (secondary N) is 1. The minimum atomic E-state index is -1.20. The molecular formula is C23H34N2O7S. The second kappa shape index (κ2) is 14.4. The van der Waals surface area contributed by atoms with E-state index in [-0.39, 0.29) is 31.2 Å². The molecule has 33 heavy (non-hydrogen) atoms. The zero-order valence-corrected chi connectivity index (χ0v) is 20.6. The fourth-order valence-corrected chi connectivity index (χ4v) is 4.34. The van der Waals surface area contributed by atoms with Crippen LogP contribution in [0.1, 0.15) is 33.1 Å². The number of hydrogen-bond donors (Lipinski definition) is 2. The first-order valence-corrected chi connectivity index (χ1v) is 11.7. The Bertz CT molecular complexity index is 799. The molecule has 0 aromatic heterocycles. The van der Waals surface area contributed by atoms with Crippen LogP contribution in [-0.2, 0) is 19.1 Å². The summed E-state index contributed by atoms with van der Waals surface area (Å²) >= 11 is 1.50. The number of aliphatic carboxylic acids is 1. The number of amides is 3. The van der Waals surface area contributed by atoms with Crippen molar-refractivity contribution in [2.75, 3.05) is 33.6 Å². The number of ether oxygens (including phenoxy) is 2. The number of carboxylic acid groups (broad SMARTS) is 1. The van der Waals surface area contributed by atoms with Crippen molar-refractivity contribution in [2.45, 2.75) is 38.0 Å². The summed E-state index contributed by atoms with van der Waals surface area (Å²) in [6.45, 7) is 4.11. The van der Waals surface area contributed by atoms with Gasteiger partial charge in [0.2, 0.25) is 11.8 Å². The van der Waals surface area contributed by atoms with Gasteiger partial charge in [0.05, 0.1) is 14.2 Å². The molecule has 0 aliphatic heterocycles. The van der Waals surface area contributed by atoms with E-state index in [1.54, 1.807) is 7.11 Å². The number of nitrogens with zero attached hydrogens (tertiary/aromatic N) is 1. The zero-order chi connectivity index (χ0) is 25.0. The van der Waals surface area contributed by atoms with Gasteiger partial charge < -0.3 is 19.9 Å². The van der Waals surface area contributed by atoms with Crippen molar-refractivity contribution in [3.8, 4) is 5.75 Å². The van der Waals surface area contributed by atoms with Gasteiger partial charge in [-0.1, -0.05) is 13.8 Å². The molecule has 0 aliphatic carbocycles. The van der Waals surface area contributed by atoms with Crippen LogP contribution in [0.2, 0.25) is 0 Å². The van der Waals surface area contributed by atoms with E-state index in [1.807, 2.05) is 38.1 Å². The van der Waals surface area contributed by atoms with E-state index in [9.17, 15) is 24.3 Å². The summed E-state index contributed by atoms with van der Waals surface area (Å²) in [5, 5.41) is 12.4. The van der Waals surface area contributed by atoms with Crippen LogP contribution in [0.3, 0.4) is 0 Å². The largest absolute Gasteiger partial charge is 0.497 e. The predicted octanol–water partition coefficient (Wildman–Crippen LogP) is 3.27. The lowest BCUT2D eigenvalue weighted by Gasteiger charge is -2.25. The van der Waals surface area contributed by atoms with E-state index in [1.165, 1.54) is 25.9 Å². The Morgan fingerprint density at radius 2 is 1.76 bits per heavy atom. The number of methoxy groups -OCH3 is 2. The van der Waals surface area contributed by atoms with Gasteiger partial charge in [-0.2, -0.15) is 0 Å². The quantitative estimate of drug-likeness (QED) is 0.250. The molecule has 3 amide bonds. The van der Waals surface area contributed by atoms with Crippen molar-refractivity contribution < 1.29 is 33.8 Å². The van der Waals surface area contributed by atoms with Crippen LogP contribution in [-0.4, -0.2) is 67.4 Å². The van der Waals surface area contributed by atoms with Crippen LogP contribution >= 0.6 is 11.8 Å². The number of thioether (sulfide) groups is 1. The monoisotopic (exact) mass is 482 g/mol. The molecule has 0 fully saturated rings. The maximum Gasteiger partial charge on any atom is 0.415 e. The average molecular weight is 483 g/mol. The van der Waals surface area contributed by atoms with E-state index in [0.717, 1.165) is 15.5 Å². The molecule has 0 saturated heterocycles. The second-order valence-corrected chi connectivity index (χ2v) is 9.10. The van der Waals surface area contributed by atoms with Crippen LogP contribution in [0.4, 0.5) is 4.79 Å². The number of carboxylic acids is 1. The fraction of sp³-hybridized carbons (Fsp3) is 0.565. The highest BCUT2D eigenvalue weighted by atomic mass is 32.2. The molecular weight excluding hydrogens is 448 g/mol. The number of hydrogen-bond acceptors (Lipinski definition) is 7. The van der Waals surface area contributed by atoms with Gasteiger partial charge in [-0.25, -0.2) is 4.79 Å². The van der Waals surface area contributed by atoms with E-state index in [0.29, 0.717) is 12.2 Å². The van der Waals surface area contributed by atoms with E-state index in [4.69, 9.17) is 4.74 Å². The molecule has 0 unspecified atom stereocenters. The Hall–Kier alpha value is -2.75. The maximum absolute atomic E-state index is 12.7. The summed E-state index contributed by atoms with van der Waals surface area (Å²) in [6, 6.07) is 7.46. The molecule has 1 aromatic carbocycles. The molecule has 0 spiro atoms. The van der Waals surface area contributed by atoms with Gasteiger partial charge in [0.25, 0.3) is 0 Å². The van der Waals surface area contributed by atoms with Crippen LogP contribution in [0.15, 0.2) is 29.2 Å². The van der Waals surface area contributed by atoms with Gasteiger partial charge in [-0.05, 0) is 48.9 Å². The van der Waals surface area contributed by atoms with Crippen molar-refractivity contribution in [3.05, 3.63) is 24.3 Å². The molecule has 0 bridgehead atoms. The minimum Gasteiger partial charge on any atom is -0.497 e. The second-order valence-electron chi connectivity index (χ2n) is 8.01. The van der Waals surface area contributed by atoms with Gasteiger partial charge in [0.1, 0.15) is 11.7 Å². The first-order chi connectivity index (χ1) is 15.6. The summed E-state index contributed by atoms with van der Waals surface area (Å²) < 4.78 is 9.64. The molecule has 0 saturated carbocycles. The lowest BCUT2D eigenvalue weighted by Crippen LogP contribution is -2.41. The SMILES string of the molecule is COC(=O)N(C)C(=O)CCCNC(=O)[C@@H](C(=O)O)[C@H](CSc1ccc(OC)cc1)CC(C)C. The van der Waals surface area contributed by atoms with Crippen LogP contribution in [0, 0.1) is 17.8 Å². The van der Waals surface area contributed by atoms with Crippen molar-refractivity contribution >= 4 is 35.6 Å². The summed E-state index contributed by atoms with van der Waals surface area (Å²) in [7, 11) is 4.08. The summed E-state index contributed by atoms with van der Waals surface area (Å²) in [4.78, 5) is 49.8.